The number of amides is 1. The quantitative estimate of drug-likeness (QED) is 0.395. The summed E-state index contributed by atoms with van der Waals surface area (Å²) >= 11 is 4.53. The number of nitrogens with zero attached hydrogens (tertiary/aromatic N) is 2. The molecule has 3 rings (SSSR count). The van der Waals surface area contributed by atoms with Gasteiger partial charge in [0.15, 0.2) is 16.6 Å². The molecule has 9 heteroatoms. The van der Waals surface area contributed by atoms with E-state index >= 15 is 0 Å². The molecule has 0 atom stereocenters. The number of hydrogen-bond acceptors (Lipinski definition) is 7. The molecule has 1 amide bonds. The monoisotopic (exact) mass is 474 g/mol. The van der Waals surface area contributed by atoms with E-state index in [1.807, 2.05) is 30.3 Å². The van der Waals surface area contributed by atoms with Crippen LogP contribution in [0.3, 0.4) is 0 Å². The summed E-state index contributed by atoms with van der Waals surface area (Å²) in [6, 6.07) is 13.3. The van der Waals surface area contributed by atoms with Gasteiger partial charge in [0, 0.05) is 4.47 Å². The van der Waals surface area contributed by atoms with E-state index in [1.54, 1.807) is 26.2 Å². The van der Waals surface area contributed by atoms with E-state index in [-0.39, 0.29) is 5.91 Å². The number of nitrogens with one attached hydrogen (secondary N) is 1. The number of hydrazone groups is 1. The normalized spacial score (nSPS) is 10.9. The molecule has 0 saturated heterocycles. The second-order valence-electron chi connectivity index (χ2n) is 5.99. The predicted molar refractivity (Wildman–Crippen MR) is 118 cm³/mol. The zero-order chi connectivity index (χ0) is 20.8. The Morgan fingerprint density at radius 1 is 1.28 bits per heavy atom. The smallest absolute Gasteiger partial charge is 0.283 e. The number of benzene rings is 2. The van der Waals surface area contributed by atoms with Crippen LogP contribution < -0.4 is 20.6 Å². The first-order valence-corrected chi connectivity index (χ1v) is 10.2. The molecule has 0 aliphatic carbocycles. The van der Waals surface area contributed by atoms with Crippen molar-refractivity contribution in [2.45, 2.75) is 13.5 Å². The van der Waals surface area contributed by atoms with Crippen LogP contribution in [0.5, 0.6) is 11.5 Å². The Kier molecular flexibility index (Phi) is 6.84. The molecular weight excluding hydrogens is 456 g/mol. The standard InChI is InChI=1S/C20H19BrN4O3S/c1-12-18(29-20(22)24-12)19(26)25-23-10-14-5-8-16(17(9-14)27-2)28-11-13-3-6-15(21)7-4-13/h3-10H,11H2,1-2H3,(H2,22,24)(H,25,26)/b23-10+. The van der Waals surface area contributed by atoms with E-state index < -0.39 is 0 Å². The molecule has 1 heterocycles. The second-order valence-corrected chi connectivity index (χ2v) is 7.94. The second kappa shape index (κ2) is 9.53. The number of carbonyl (C=O) groups is 1. The molecule has 2 aromatic carbocycles. The van der Waals surface area contributed by atoms with Crippen molar-refractivity contribution >= 4 is 44.5 Å². The number of anilines is 1. The van der Waals surface area contributed by atoms with Gasteiger partial charge in [-0.2, -0.15) is 5.10 Å². The third-order valence-corrected chi connectivity index (χ3v) is 5.41. The number of rotatable bonds is 7. The molecule has 3 aromatic rings. The lowest BCUT2D eigenvalue weighted by molar-refractivity contribution is 0.0958. The van der Waals surface area contributed by atoms with Gasteiger partial charge in [0.2, 0.25) is 0 Å². The number of carbonyl (C=O) groups excluding carboxylic acids is 1. The van der Waals surface area contributed by atoms with Crippen LogP contribution in [-0.4, -0.2) is 24.2 Å². The van der Waals surface area contributed by atoms with Crippen LogP contribution in [0, 0.1) is 6.92 Å². The molecule has 7 nitrogen and oxygen atoms in total. The Bertz CT molecular complexity index is 1030. The minimum absolute atomic E-state index is 0.347. The molecule has 0 spiro atoms. The van der Waals surface area contributed by atoms with E-state index in [0.717, 1.165) is 26.9 Å². The van der Waals surface area contributed by atoms with Gasteiger partial charge in [-0.3, -0.25) is 4.79 Å². The molecule has 0 aliphatic heterocycles. The summed E-state index contributed by atoms with van der Waals surface area (Å²) in [6.07, 6.45) is 1.53. The van der Waals surface area contributed by atoms with Gasteiger partial charge in [0.1, 0.15) is 11.5 Å². The van der Waals surface area contributed by atoms with E-state index in [4.69, 9.17) is 15.2 Å². The first kappa shape index (κ1) is 20.8. The average Bonchev–Trinajstić information content (AvgIpc) is 3.06. The van der Waals surface area contributed by atoms with Crippen molar-refractivity contribution in [3.8, 4) is 11.5 Å². The summed E-state index contributed by atoms with van der Waals surface area (Å²) in [5, 5.41) is 4.34. The lowest BCUT2D eigenvalue weighted by Crippen LogP contribution is -2.17. The first-order chi connectivity index (χ1) is 14.0. The highest BCUT2D eigenvalue weighted by atomic mass is 79.9. The number of aromatic nitrogens is 1. The third-order valence-electron chi connectivity index (χ3n) is 3.89. The molecular formula is C20H19BrN4O3S. The maximum absolute atomic E-state index is 12.1. The topological polar surface area (TPSA) is 98.8 Å². The van der Waals surface area contributed by atoms with E-state index in [9.17, 15) is 4.79 Å². The number of methoxy groups -OCH3 is 1. The minimum Gasteiger partial charge on any atom is -0.493 e. The summed E-state index contributed by atoms with van der Waals surface area (Å²) in [4.78, 5) is 16.6. The Hall–Kier alpha value is -2.91. The largest absolute Gasteiger partial charge is 0.493 e. The number of ether oxygens (including phenoxy) is 2. The van der Waals surface area contributed by atoms with Gasteiger partial charge >= 0.3 is 0 Å². The molecule has 0 saturated carbocycles. The molecule has 1 aromatic heterocycles. The summed E-state index contributed by atoms with van der Waals surface area (Å²) < 4.78 is 12.3. The van der Waals surface area contributed by atoms with Gasteiger partial charge in [-0.05, 0) is 48.4 Å². The molecule has 29 heavy (non-hydrogen) atoms. The number of nitrogen functional groups attached to an aromatic ring is 1. The van der Waals surface area contributed by atoms with Gasteiger partial charge in [-0.1, -0.05) is 39.4 Å². The molecule has 0 bridgehead atoms. The predicted octanol–water partition coefficient (Wildman–Crippen LogP) is 4.15. The number of aryl methyl sites for hydroxylation is 1. The highest BCUT2D eigenvalue weighted by Gasteiger charge is 2.13. The molecule has 150 valence electrons. The fourth-order valence-corrected chi connectivity index (χ4v) is 3.46. The van der Waals surface area contributed by atoms with Crippen LogP contribution in [-0.2, 0) is 6.61 Å². The van der Waals surface area contributed by atoms with Crippen LogP contribution >= 0.6 is 27.3 Å². The van der Waals surface area contributed by atoms with Crippen molar-refractivity contribution in [2.24, 2.45) is 5.10 Å². The number of thiazole rings is 1. The minimum atomic E-state index is -0.352. The van der Waals surface area contributed by atoms with E-state index in [2.05, 4.69) is 31.4 Å². The van der Waals surface area contributed by atoms with Crippen LogP contribution in [0.2, 0.25) is 0 Å². The SMILES string of the molecule is COc1cc(/C=N/NC(=O)c2sc(N)nc2C)ccc1OCc1ccc(Br)cc1. The van der Waals surface area contributed by atoms with Gasteiger partial charge in [-0.25, -0.2) is 10.4 Å². The van der Waals surface area contributed by atoms with Gasteiger partial charge < -0.3 is 15.2 Å². The highest BCUT2D eigenvalue weighted by molar-refractivity contribution is 9.10. The molecule has 0 fully saturated rings. The average molecular weight is 475 g/mol. The lowest BCUT2D eigenvalue weighted by Gasteiger charge is -2.11. The van der Waals surface area contributed by atoms with Crippen molar-refractivity contribution < 1.29 is 14.3 Å². The van der Waals surface area contributed by atoms with E-state index in [0.29, 0.717) is 33.8 Å². The van der Waals surface area contributed by atoms with Crippen molar-refractivity contribution in [3.05, 3.63) is 68.6 Å². The Morgan fingerprint density at radius 2 is 2.03 bits per heavy atom. The van der Waals surface area contributed by atoms with Crippen LogP contribution in [0.15, 0.2) is 52.0 Å². The Morgan fingerprint density at radius 3 is 2.69 bits per heavy atom. The summed E-state index contributed by atoms with van der Waals surface area (Å²) in [7, 11) is 1.57. The summed E-state index contributed by atoms with van der Waals surface area (Å²) in [5.41, 5.74) is 10.5. The Labute approximate surface area is 180 Å². The Balaban J connectivity index is 1.63. The third kappa shape index (κ3) is 5.55. The van der Waals surface area contributed by atoms with Crippen molar-refractivity contribution in [3.63, 3.8) is 0 Å². The van der Waals surface area contributed by atoms with Gasteiger partial charge in [0.05, 0.1) is 19.0 Å². The lowest BCUT2D eigenvalue weighted by atomic mass is 10.2. The summed E-state index contributed by atoms with van der Waals surface area (Å²) in [6.45, 7) is 2.15. The zero-order valence-corrected chi connectivity index (χ0v) is 18.2. The molecule has 0 unspecified atom stereocenters. The number of halogens is 1. The zero-order valence-electron chi connectivity index (χ0n) is 15.8. The van der Waals surface area contributed by atoms with E-state index in [1.165, 1.54) is 6.21 Å². The fourth-order valence-electron chi connectivity index (χ4n) is 2.47. The fraction of sp³-hybridized carbons (Fsp3) is 0.150. The summed E-state index contributed by atoms with van der Waals surface area (Å²) in [5.74, 6) is 0.838. The first-order valence-electron chi connectivity index (χ1n) is 8.58. The number of nitrogens with two attached hydrogens (primary N) is 1. The van der Waals surface area contributed by atoms with Crippen LogP contribution in [0.25, 0.3) is 0 Å². The van der Waals surface area contributed by atoms with Crippen molar-refractivity contribution in [1.82, 2.24) is 10.4 Å². The molecule has 0 radical (unpaired) electrons. The number of hydrogen-bond donors (Lipinski definition) is 2. The van der Waals surface area contributed by atoms with Gasteiger partial charge in [-0.15, -0.1) is 0 Å². The van der Waals surface area contributed by atoms with Crippen molar-refractivity contribution in [1.29, 1.82) is 0 Å². The maximum atomic E-state index is 12.1. The molecule has 3 N–H and O–H groups in total. The van der Waals surface area contributed by atoms with Gasteiger partial charge in [0.25, 0.3) is 5.91 Å². The molecule has 0 aliphatic rings. The highest BCUT2D eigenvalue weighted by Crippen LogP contribution is 2.28. The van der Waals surface area contributed by atoms with Crippen molar-refractivity contribution in [2.75, 3.05) is 12.8 Å². The maximum Gasteiger partial charge on any atom is 0.283 e. The van der Waals surface area contributed by atoms with Crippen LogP contribution in [0.1, 0.15) is 26.5 Å². The van der Waals surface area contributed by atoms with Crippen LogP contribution in [0.4, 0.5) is 5.13 Å².